The molecule has 2 N–H and O–H groups in total. The van der Waals surface area contributed by atoms with E-state index in [0.717, 1.165) is 6.04 Å². The van der Waals surface area contributed by atoms with Gasteiger partial charge >= 0.3 is 0 Å². The fourth-order valence-electron chi connectivity index (χ4n) is 3.37. The second kappa shape index (κ2) is 6.17. The van der Waals surface area contributed by atoms with Gasteiger partial charge in [-0.15, -0.1) is 0 Å². The highest BCUT2D eigenvalue weighted by Gasteiger charge is 2.35. The molecule has 3 heteroatoms. The first kappa shape index (κ1) is 13.3. The quantitative estimate of drug-likeness (QED) is 0.780. The normalized spacial score (nSPS) is 29.5. The monoisotopic (exact) mass is 239 g/mol. The molecule has 0 amide bonds. The van der Waals surface area contributed by atoms with Gasteiger partial charge in [0.2, 0.25) is 0 Å². The number of rotatable bonds is 4. The molecule has 2 rings (SSSR count). The highest BCUT2D eigenvalue weighted by atomic mass is 15.2. The summed E-state index contributed by atoms with van der Waals surface area (Å²) in [6.07, 6.45) is 9.53. The Kier molecular flexibility index (Phi) is 4.83. The van der Waals surface area contributed by atoms with Crippen LogP contribution in [0.15, 0.2) is 0 Å². The van der Waals surface area contributed by atoms with Crippen molar-refractivity contribution < 1.29 is 0 Å². The zero-order valence-corrected chi connectivity index (χ0v) is 11.6. The number of likely N-dealkylation sites (N-methyl/N-ethyl adjacent to an activating group) is 1. The molecule has 0 aromatic heterocycles. The fourth-order valence-corrected chi connectivity index (χ4v) is 3.37. The molecule has 100 valence electrons. The molecule has 0 aromatic carbocycles. The van der Waals surface area contributed by atoms with Crippen LogP contribution in [-0.4, -0.2) is 50.2 Å². The smallest absolute Gasteiger partial charge is 0.0327 e. The number of hydrogen-bond acceptors (Lipinski definition) is 3. The molecule has 1 heterocycles. The Labute approximate surface area is 106 Å². The molecule has 1 atom stereocenters. The van der Waals surface area contributed by atoms with Crippen LogP contribution in [0.25, 0.3) is 0 Å². The summed E-state index contributed by atoms with van der Waals surface area (Å²) in [5, 5.41) is 7.33. The lowest BCUT2D eigenvalue weighted by atomic mass is 9.95. The third kappa shape index (κ3) is 3.43. The van der Waals surface area contributed by atoms with Crippen LogP contribution in [-0.2, 0) is 0 Å². The Morgan fingerprint density at radius 2 is 1.88 bits per heavy atom. The predicted octanol–water partition coefficient (Wildman–Crippen LogP) is 1.59. The van der Waals surface area contributed by atoms with Gasteiger partial charge in [0.25, 0.3) is 0 Å². The Balaban J connectivity index is 1.82. The summed E-state index contributed by atoms with van der Waals surface area (Å²) < 4.78 is 0. The molecule has 0 radical (unpaired) electrons. The average molecular weight is 239 g/mol. The SMILES string of the molecule is CN(C)C1(CNC2CCCNCC2)CCCC1. The van der Waals surface area contributed by atoms with Crippen LogP contribution in [0.4, 0.5) is 0 Å². The average Bonchev–Trinajstić information content (AvgIpc) is 2.65. The van der Waals surface area contributed by atoms with Crippen LogP contribution in [0.3, 0.4) is 0 Å². The summed E-state index contributed by atoms with van der Waals surface area (Å²) in [6.45, 7) is 3.58. The lowest BCUT2D eigenvalue weighted by molar-refractivity contribution is 0.148. The van der Waals surface area contributed by atoms with Gasteiger partial charge in [-0.1, -0.05) is 12.8 Å². The topological polar surface area (TPSA) is 27.3 Å². The predicted molar refractivity (Wildman–Crippen MR) is 73.4 cm³/mol. The lowest BCUT2D eigenvalue weighted by Gasteiger charge is -2.38. The zero-order valence-electron chi connectivity index (χ0n) is 11.6. The van der Waals surface area contributed by atoms with Crippen LogP contribution < -0.4 is 10.6 Å². The minimum Gasteiger partial charge on any atom is -0.317 e. The molecule has 1 aliphatic carbocycles. The molecule has 1 unspecified atom stereocenters. The summed E-state index contributed by atoms with van der Waals surface area (Å²) in [7, 11) is 4.50. The maximum Gasteiger partial charge on any atom is 0.0327 e. The Morgan fingerprint density at radius 3 is 2.59 bits per heavy atom. The number of nitrogens with zero attached hydrogens (tertiary/aromatic N) is 1. The number of nitrogens with one attached hydrogen (secondary N) is 2. The van der Waals surface area contributed by atoms with E-state index >= 15 is 0 Å². The maximum absolute atomic E-state index is 3.84. The molecule has 0 spiro atoms. The van der Waals surface area contributed by atoms with Gasteiger partial charge in [0.15, 0.2) is 0 Å². The molecule has 1 aliphatic heterocycles. The first-order valence-corrected chi connectivity index (χ1v) is 7.34. The van der Waals surface area contributed by atoms with Crippen LogP contribution in [0, 0.1) is 0 Å². The van der Waals surface area contributed by atoms with Gasteiger partial charge in [-0.05, 0) is 59.3 Å². The Morgan fingerprint density at radius 1 is 1.12 bits per heavy atom. The van der Waals surface area contributed by atoms with Crippen LogP contribution >= 0.6 is 0 Å². The third-order valence-corrected chi connectivity index (χ3v) is 4.78. The van der Waals surface area contributed by atoms with E-state index in [0.29, 0.717) is 5.54 Å². The Hall–Kier alpha value is -0.120. The third-order valence-electron chi connectivity index (χ3n) is 4.78. The largest absolute Gasteiger partial charge is 0.317 e. The van der Waals surface area contributed by atoms with Crippen LogP contribution in [0.2, 0.25) is 0 Å². The fraction of sp³-hybridized carbons (Fsp3) is 1.00. The van der Waals surface area contributed by atoms with Gasteiger partial charge < -0.3 is 15.5 Å². The summed E-state index contributed by atoms with van der Waals surface area (Å²) in [4.78, 5) is 2.46. The van der Waals surface area contributed by atoms with E-state index in [-0.39, 0.29) is 0 Å². The Bertz CT molecular complexity index is 214. The molecule has 2 aliphatic rings. The van der Waals surface area contributed by atoms with Crippen molar-refractivity contribution in [1.82, 2.24) is 15.5 Å². The lowest BCUT2D eigenvalue weighted by Crippen LogP contribution is -2.51. The van der Waals surface area contributed by atoms with Gasteiger partial charge in [-0.2, -0.15) is 0 Å². The molecule has 0 bridgehead atoms. The van der Waals surface area contributed by atoms with Crippen molar-refractivity contribution in [2.24, 2.45) is 0 Å². The van der Waals surface area contributed by atoms with Crippen LogP contribution in [0.1, 0.15) is 44.9 Å². The van der Waals surface area contributed by atoms with Gasteiger partial charge in [0.05, 0.1) is 0 Å². The molecular weight excluding hydrogens is 210 g/mol. The molecule has 1 saturated heterocycles. The van der Waals surface area contributed by atoms with Crippen molar-refractivity contribution in [3.8, 4) is 0 Å². The second-order valence-electron chi connectivity index (χ2n) is 6.08. The van der Waals surface area contributed by atoms with E-state index in [1.165, 1.54) is 64.6 Å². The van der Waals surface area contributed by atoms with E-state index in [2.05, 4.69) is 29.6 Å². The van der Waals surface area contributed by atoms with Crippen molar-refractivity contribution in [3.63, 3.8) is 0 Å². The molecule has 2 fully saturated rings. The van der Waals surface area contributed by atoms with Crippen molar-refractivity contribution in [2.75, 3.05) is 33.7 Å². The van der Waals surface area contributed by atoms with E-state index in [4.69, 9.17) is 0 Å². The van der Waals surface area contributed by atoms with Gasteiger partial charge in [0.1, 0.15) is 0 Å². The first-order valence-electron chi connectivity index (χ1n) is 7.34. The van der Waals surface area contributed by atoms with E-state index in [1.807, 2.05) is 0 Å². The molecule has 3 nitrogen and oxygen atoms in total. The molecule has 17 heavy (non-hydrogen) atoms. The molecular formula is C14H29N3. The van der Waals surface area contributed by atoms with E-state index in [9.17, 15) is 0 Å². The van der Waals surface area contributed by atoms with Crippen molar-refractivity contribution in [1.29, 1.82) is 0 Å². The van der Waals surface area contributed by atoms with Gasteiger partial charge in [-0.3, -0.25) is 0 Å². The van der Waals surface area contributed by atoms with Gasteiger partial charge in [0, 0.05) is 18.1 Å². The van der Waals surface area contributed by atoms with Crippen molar-refractivity contribution >= 4 is 0 Å². The standard InChI is InChI=1S/C14H29N3/c1-17(2)14(8-3-4-9-14)12-16-13-6-5-10-15-11-7-13/h13,15-16H,3-12H2,1-2H3. The second-order valence-corrected chi connectivity index (χ2v) is 6.08. The summed E-state index contributed by atoms with van der Waals surface area (Å²) in [5.74, 6) is 0. The zero-order chi connectivity index (χ0) is 12.1. The van der Waals surface area contributed by atoms with Crippen LogP contribution in [0.5, 0.6) is 0 Å². The molecule has 1 saturated carbocycles. The highest BCUT2D eigenvalue weighted by molar-refractivity contribution is 4.95. The molecule has 0 aromatic rings. The van der Waals surface area contributed by atoms with Gasteiger partial charge in [-0.25, -0.2) is 0 Å². The van der Waals surface area contributed by atoms with Crippen molar-refractivity contribution in [2.45, 2.75) is 56.5 Å². The number of hydrogen-bond donors (Lipinski definition) is 2. The first-order chi connectivity index (χ1) is 8.23. The summed E-state index contributed by atoms with van der Waals surface area (Å²) >= 11 is 0. The minimum atomic E-state index is 0.444. The highest BCUT2D eigenvalue weighted by Crippen LogP contribution is 2.33. The summed E-state index contributed by atoms with van der Waals surface area (Å²) in [6, 6.07) is 0.738. The summed E-state index contributed by atoms with van der Waals surface area (Å²) in [5.41, 5.74) is 0.444. The maximum atomic E-state index is 3.84. The van der Waals surface area contributed by atoms with Crippen molar-refractivity contribution in [3.05, 3.63) is 0 Å². The van der Waals surface area contributed by atoms with E-state index < -0.39 is 0 Å². The minimum absolute atomic E-state index is 0.444. The van der Waals surface area contributed by atoms with E-state index in [1.54, 1.807) is 0 Å².